The van der Waals surface area contributed by atoms with Crippen LogP contribution in [0.2, 0.25) is 0 Å². The zero-order valence-electron chi connectivity index (χ0n) is 17.0. The van der Waals surface area contributed by atoms with Crippen molar-refractivity contribution in [2.75, 3.05) is 28.3 Å². The summed E-state index contributed by atoms with van der Waals surface area (Å²) >= 11 is 0. The lowest BCUT2D eigenvalue weighted by Gasteiger charge is -2.32. The number of para-hydroxylation sites is 1. The van der Waals surface area contributed by atoms with Crippen molar-refractivity contribution in [1.29, 1.82) is 0 Å². The fourth-order valence-corrected chi connectivity index (χ4v) is 3.76. The first kappa shape index (κ1) is 20.5. The third-order valence-corrected chi connectivity index (χ3v) is 5.45. The van der Waals surface area contributed by atoms with Gasteiger partial charge in [0.25, 0.3) is 5.91 Å². The van der Waals surface area contributed by atoms with Gasteiger partial charge in [0.15, 0.2) is 0 Å². The van der Waals surface area contributed by atoms with Gasteiger partial charge in [-0.25, -0.2) is 9.99 Å². The molecule has 0 spiro atoms. The van der Waals surface area contributed by atoms with Crippen molar-refractivity contribution in [2.45, 2.75) is 25.7 Å². The second-order valence-corrected chi connectivity index (χ2v) is 7.63. The number of amides is 3. The number of rotatable bonds is 5. The molecule has 160 valence electrons. The molecule has 0 aliphatic carbocycles. The number of carbonyl (C=O) groups excluding carboxylic acids is 3. The van der Waals surface area contributed by atoms with E-state index >= 15 is 0 Å². The van der Waals surface area contributed by atoms with Gasteiger partial charge in [0.05, 0.1) is 23.5 Å². The summed E-state index contributed by atoms with van der Waals surface area (Å²) in [5.74, 6) is -0.238. The number of nitrogens with one attached hydrogen (secondary N) is 1. The highest BCUT2D eigenvalue weighted by Crippen LogP contribution is 2.23. The lowest BCUT2D eigenvalue weighted by molar-refractivity contribution is -0.122. The van der Waals surface area contributed by atoms with E-state index in [9.17, 15) is 14.4 Å². The van der Waals surface area contributed by atoms with Crippen LogP contribution in [0.4, 0.5) is 17.2 Å². The molecule has 9 nitrogen and oxygen atoms in total. The molecule has 31 heavy (non-hydrogen) atoms. The van der Waals surface area contributed by atoms with Gasteiger partial charge in [-0.1, -0.05) is 18.2 Å². The van der Waals surface area contributed by atoms with Gasteiger partial charge in [0.2, 0.25) is 11.8 Å². The summed E-state index contributed by atoms with van der Waals surface area (Å²) in [6, 6.07) is 12.6. The maximum absolute atomic E-state index is 12.7. The lowest BCUT2D eigenvalue weighted by Crippen LogP contribution is -2.41. The molecule has 0 radical (unpaired) electrons. The van der Waals surface area contributed by atoms with E-state index in [0.717, 1.165) is 25.2 Å². The van der Waals surface area contributed by atoms with E-state index in [-0.39, 0.29) is 42.2 Å². The molecule has 3 heterocycles. The summed E-state index contributed by atoms with van der Waals surface area (Å²) in [7, 11) is 0. The number of benzene rings is 1. The Balaban J connectivity index is 1.43. The van der Waals surface area contributed by atoms with Crippen molar-refractivity contribution in [1.82, 2.24) is 4.98 Å². The minimum Gasteiger partial charge on any atom is -0.369 e. The SMILES string of the molecule is NC(=O)C1CCCN(c2ccc(NC(=O)C3=NN(c4ccccc4)C(=O)CC3)cn2)C1. The van der Waals surface area contributed by atoms with E-state index in [0.29, 0.717) is 17.9 Å². The van der Waals surface area contributed by atoms with E-state index in [2.05, 4.69) is 15.4 Å². The molecule has 1 aromatic heterocycles. The number of carbonyl (C=O) groups is 3. The van der Waals surface area contributed by atoms with Crippen molar-refractivity contribution in [3.63, 3.8) is 0 Å². The van der Waals surface area contributed by atoms with E-state index in [4.69, 9.17) is 5.73 Å². The van der Waals surface area contributed by atoms with Crippen molar-refractivity contribution < 1.29 is 14.4 Å². The lowest BCUT2D eigenvalue weighted by atomic mass is 9.97. The molecule has 1 unspecified atom stereocenters. The Morgan fingerprint density at radius 1 is 1.10 bits per heavy atom. The maximum Gasteiger partial charge on any atom is 0.271 e. The van der Waals surface area contributed by atoms with Gasteiger partial charge in [-0.05, 0) is 37.1 Å². The Morgan fingerprint density at radius 3 is 2.61 bits per heavy atom. The van der Waals surface area contributed by atoms with Crippen LogP contribution in [-0.2, 0) is 14.4 Å². The van der Waals surface area contributed by atoms with E-state index in [1.807, 2.05) is 29.2 Å². The van der Waals surface area contributed by atoms with E-state index in [1.165, 1.54) is 5.01 Å². The topological polar surface area (TPSA) is 121 Å². The van der Waals surface area contributed by atoms with Crippen LogP contribution in [-0.4, -0.2) is 41.5 Å². The zero-order chi connectivity index (χ0) is 21.8. The number of piperidine rings is 1. The standard InChI is InChI=1S/C22H24N6O3/c23-21(30)15-5-4-12-27(14-15)19-10-8-16(13-24-19)25-22(31)18-9-11-20(29)28(26-18)17-6-2-1-3-7-17/h1-3,6-8,10,13,15H,4-5,9,11-12,14H2,(H2,23,30)(H,25,31). The third kappa shape index (κ3) is 4.71. The predicted octanol–water partition coefficient (Wildman–Crippen LogP) is 1.90. The fraction of sp³-hybridized carbons (Fsp3) is 0.318. The summed E-state index contributed by atoms with van der Waals surface area (Å²) < 4.78 is 0. The summed E-state index contributed by atoms with van der Waals surface area (Å²) in [5.41, 5.74) is 6.88. The van der Waals surface area contributed by atoms with Crippen LogP contribution in [0.25, 0.3) is 0 Å². The normalized spacial score (nSPS) is 19.0. The first-order valence-electron chi connectivity index (χ1n) is 10.3. The van der Waals surface area contributed by atoms with Gasteiger partial charge in [0.1, 0.15) is 11.5 Å². The molecule has 2 aromatic rings. The number of pyridine rings is 1. The second-order valence-electron chi connectivity index (χ2n) is 7.63. The number of anilines is 3. The number of hydrazone groups is 1. The van der Waals surface area contributed by atoms with Crippen LogP contribution in [0.3, 0.4) is 0 Å². The Kier molecular flexibility index (Phi) is 5.92. The van der Waals surface area contributed by atoms with Crippen LogP contribution in [0.1, 0.15) is 25.7 Å². The predicted molar refractivity (Wildman–Crippen MR) is 118 cm³/mol. The highest BCUT2D eigenvalue weighted by molar-refractivity contribution is 6.44. The third-order valence-electron chi connectivity index (χ3n) is 5.45. The fourth-order valence-electron chi connectivity index (χ4n) is 3.76. The van der Waals surface area contributed by atoms with Crippen LogP contribution < -0.4 is 21.0 Å². The van der Waals surface area contributed by atoms with Crippen LogP contribution >= 0.6 is 0 Å². The quantitative estimate of drug-likeness (QED) is 0.765. The van der Waals surface area contributed by atoms with Gasteiger partial charge in [-0.2, -0.15) is 5.10 Å². The van der Waals surface area contributed by atoms with Gasteiger partial charge < -0.3 is 16.0 Å². The van der Waals surface area contributed by atoms with Crippen molar-refractivity contribution in [2.24, 2.45) is 16.8 Å². The summed E-state index contributed by atoms with van der Waals surface area (Å²) in [4.78, 5) is 42.8. The maximum atomic E-state index is 12.7. The molecule has 1 atom stereocenters. The molecule has 3 amide bonds. The summed E-state index contributed by atoms with van der Waals surface area (Å²) in [6.07, 6.45) is 3.75. The van der Waals surface area contributed by atoms with Gasteiger partial charge in [0, 0.05) is 25.9 Å². The molecular weight excluding hydrogens is 396 g/mol. The molecule has 4 rings (SSSR count). The van der Waals surface area contributed by atoms with Crippen LogP contribution in [0.15, 0.2) is 53.8 Å². The average Bonchev–Trinajstić information content (AvgIpc) is 2.80. The Bertz CT molecular complexity index is 1010. The molecule has 9 heteroatoms. The number of hydrogen-bond acceptors (Lipinski definition) is 6. The largest absolute Gasteiger partial charge is 0.369 e. The monoisotopic (exact) mass is 420 g/mol. The molecule has 1 aromatic carbocycles. The average molecular weight is 420 g/mol. The number of nitrogens with two attached hydrogens (primary N) is 1. The Morgan fingerprint density at radius 2 is 1.90 bits per heavy atom. The van der Waals surface area contributed by atoms with Crippen LogP contribution in [0.5, 0.6) is 0 Å². The molecule has 0 bridgehead atoms. The number of nitrogens with zero attached hydrogens (tertiary/aromatic N) is 4. The second kappa shape index (κ2) is 8.95. The van der Waals surface area contributed by atoms with Gasteiger partial charge in [-0.3, -0.25) is 14.4 Å². The van der Waals surface area contributed by atoms with E-state index in [1.54, 1.807) is 24.4 Å². The van der Waals surface area contributed by atoms with Crippen molar-refractivity contribution in [3.8, 4) is 0 Å². The molecule has 2 aliphatic heterocycles. The van der Waals surface area contributed by atoms with Gasteiger partial charge >= 0.3 is 0 Å². The first-order valence-corrected chi connectivity index (χ1v) is 10.3. The molecule has 2 aliphatic rings. The van der Waals surface area contributed by atoms with Gasteiger partial charge in [-0.15, -0.1) is 0 Å². The minimum absolute atomic E-state index is 0.149. The molecule has 1 saturated heterocycles. The number of hydrogen-bond donors (Lipinski definition) is 2. The molecule has 3 N–H and O–H groups in total. The first-order chi connectivity index (χ1) is 15.0. The molecular formula is C22H24N6O3. The molecule has 1 fully saturated rings. The summed E-state index contributed by atoms with van der Waals surface area (Å²) in [5, 5.41) is 8.32. The van der Waals surface area contributed by atoms with E-state index < -0.39 is 0 Å². The Labute approximate surface area is 179 Å². The van der Waals surface area contributed by atoms with Crippen molar-refractivity contribution in [3.05, 3.63) is 48.7 Å². The zero-order valence-corrected chi connectivity index (χ0v) is 17.0. The van der Waals surface area contributed by atoms with Crippen LogP contribution in [0, 0.1) is 5.92 Å². The summed E-state index contributed by atoms with van der Waals surface area (Å²) in [6.45, 7) is 1.36. The molecule has 0 saturated carbocycles. The number of primary amides is 1. The highest BCUT2D eigenvalue weighted by Gasteiger charge is 2.26. The highest BCUT2D eigenvalue weighted by atomic mass is 16.2. The smallest absolute Gasteiger partial charge is 0.271 e. The minimum atomic E-state index is -0.366. The Hall–Kier alpha value is -3.75. The number of aromatic nitrogens is 1. The van der Waals surface area contributed by atoms with Crippen molar-refractivity contribution >= 4 is 40.6 Å².